The molecule has 0 amide bonds. The predicted molar refractivity (Wildman–Crippen MR) is 137 cm³/mol. The fourth-order valence-electron chi connectivity index (χ4n) is 3.86. The van der Waals surface area contributed by atoms with Gasteiger partial charge in [-0.1, -0.05) is 99.3 Å². The molecule has 0 unspecified atom stereocenters. The van der Waals surface area contributed by atoms with Crippen molar-refractivity contribution in [2.75, 3.05) is 0 Å². The molecule has 0 atom stereocenters. The van der Waals surface area contributed by atoms with Crippen LogP contribution in [0, 0.1) is 0 Å². The van der Waals surface area contributed by atoms with Crippen molar-refractivity contribution >= 4 is 33.4 Å². The number of unbranched alkanes of at least 4 members (excludes halogenated alkanes) is 6. The fourth-order valence-corrected chi connectivity index (χ4v) is 5.62. The van der Waals surface area contributed by atoms with Crippen molar-refractivity contribution in [1.29, 1.82) is 0 Å². The van der Waals surface area contributed by atoms with E-state index < -0.39 is 0 Å². The highest BCUT2D eigenvalue weighted by Gasteiger charge is 2.10. The van der Waals surface area contributed by atoms with Crippen molar-refractivity contribution in [1.82, 2.24) is 20.4 Å². The maximum Gasteiger partial charge on any atom is 0.147 e. The molecule has 0 aliphatic rings. The number of aryl methyl sites for hydroxylation is 2. The van der Waals surface area contributed by atoms with E-state index in [1.807, 2.05) is 0 Å². The minimum absolute atomic E-state index is 1.01. The third-order valence-electron chi connectivity index (χ3n) is 5.76. The maximum atomic E-state index is 4.45. The summed E-state index contributed by atoms with van der Waals surface area (Å²) in [6.07, 6.45) is 12.2. The van der Waals surface area contributed by atoms with Crippen LogP contribution in [-0.4, -0.2) is 20.4 Å². The topological polar surface area (TPSA) is 51.6 Å². The summed E-state index contributed by atoms with van der Waals surface area (Å²) < 4.78 is 0. The van der Waals surface area contributed by atoms with E-state index in [2.05, 4.69) is 70.6 Å². The van der Waals surface area contributed by atoms with E-state index in [0.29, 0.717) is 0 Å². The minimum Gasteiger partial charge on any atom is -0.143 e. The summed E-state index contributed by atoms with van der Waals surface area (Å²) in [7, 11) is 0. The first-order chi connectivity index (χ1) is 15.8. The van der Waals surface area contributed by atoms with Crippen LogP contribution >= 0.6 is 22.7 Å². The summed E-state index contributed by atoms with van der Waals surface area (Å²) in [5.41, 5.74) is 2.29. The Morgan fingerprint density at radius 3 is 1.47 bits per heavy atom. The quantitative estimate of drug-likeness (QED) is 0.199. The van der Waals surface area contributed by atoms with Crippen LogP contribution in [0.5, 0.6) is 0 Å². The summed E-state index contributed by atoms with van der Waals surface area (Å²) in [6.45, 7) is 4.48. The van der Waals surface area contributed by atoms with E-state index in [-0.39, 0.29) is 0 Å². The van der Waals surface area contributed by atoms with Crippen LogP contribution < -0.4 is 0 Å². The summed E-state index contributed by atoms with van der Waals surface area (Å²) in [6, 6.07) is 13.1. The lowest BCUT2D eigenvalue weighted by molar-refractivity contribution is 0.663. The average molecular weight is 465 g/mol. The number of hydrogen-bond acceptors (Lipinski definition) is 6. The molecule has 0 aliphatic carbocycles. The Kier molecular flexibility index (Phi) is 8.35. The second-order valence-electron chi connectivity index (χ2n) is 8.40. The van der Waals surface area contributed by atoms with Crippen LogP contribution in [0.15, 0.2) is 36.4 Å². The minimum atomic E-state index is 1.01. The lowest BCUT2D eigenvalue weighted by Crippen LogP contribution is -1.84. The van der Waals surface area contributed by atoms with Crippen LogP contribution in [0.3, 0.4) is 0 Å². The highest BCUT2D eigenvalue weighted by Crippen LogP contribution is 2.31. The van der Waals surface area contributed by atoms with Gasteiger partial charge < -0.3 is 0 Å². The highest BCUT2D eigenvalue weighted by molar-refractivity contribution is 7.15. The van der Waals surface area contributed by atoms with Crippen LogP contribution in [0.1, 0.15) is 75.2 Å². The standard InChI is InChI=1S/C26H32N4S2/c1-3-5-7-9-11-23-27-29-25(31-23)21-15-13-20-18-22(16-14-19(20)17-21)26-30-28-24(32-26)12-10-8-6-4-2/h13-18H,3-12H2,1-2H3. The maximum absolute atomic E-state index is 4.45. The SMILES string of the molecule is CCCCCCc1nnc(-c2ccc3cc(-c4nnc(CCCCCC)s4)ccc3c2)s1. The second-order valence-corrected chi connectivity index (χ2v) is 10.5. The van der Waals surface area contributed by atoms with Gasteiger partial charge in [0.25, 0.3) is 0 Å². The Hall–Kier alpha value is -2.18. The van der Waals surface area contributed by atoms with E-state index in [9.17, 15) is 0 Å². The third kappa shape index (κ3) is 5.99. The molecular formula is C26H32N4S2. The monoisotopic (exact) mass is 464 g/mol. The molecule has 4 aromatic rings. The van der Waals surface area contributed by atoms with Crippen molar-refractivity contribution in [2.24, 2.45) is 0 Å². The smallest absolute Gasteiger partial charge is 0.143 e. The summed E-state index contributed by atoms with van der Waals surface area (Å²) in [4.78, 5) is 0. The second kappa shape index (κ2) is 11.6. The van der Waals surface area contributed by atoms with Crippen molar-refractivity contribution in [3.8, 4) is 21.1 Å². The third-order valence-corrected chi connectivity index (χ3v) is 7.82. The molecule has 4 rings (SSSR count). The first-order valence-corrected chi connectivity index (χ1v) is 13.6. The summed E-state index contributed by atoms with van der Waals surface area (Å²) >= 11 is 3.45. The molecule has 0 radical (unpaired) electrons. The Bertz CT molecular complexity index is 1040. The van der Waals surface area contributed by atoms with E-state index in [4.69, 9.17) is 0 Å². The van der Waals surface area contributed by atoms with Crippen molar-refractivity contribution in [3.63, 3.8) is 0 Å². The van der Waals surface area contributed by atoms with Crippen LogP contribution in [0.25, 0.3) is 31.9 Å². The number of fused-ring (bicyclic) bond motifs is 1. The Balaban J connectivity index is 1.44. The van der Waals surface area contributed by atoms with Gasteiger partial charge in [-0.05, 0) is 35.7 Å². The number of aromatic nitrogens is 4. The van der Waals surface area contributed by atoms with Crippen molar-refractivity contribution in [2.45, 2.75) is 78.1 Å². The lowest BCUT2D eigenvalue weighted by atomic mass is 10.0. The van der Waals surface area contributed by atoms with E-state index >= 15 is 0 Å². The van der Waals surface area contributed by atoms with Gasteiger partial charge in [-0.15, -0.1) is 20.4 Å². The van der Waals surface area contributed by atoms with Crippen LogP contribution in [0.4, 0.5) is 0 Å². The first kappa shape index (κ1) is 23.0. The normalized spacial score (nSPS) is 11.4. The van der Waals surface area contributed by atoms with Gasteiger partial charge in [-0.2, -0.15) is 0 Å². The first-order valence-electron chi connectivity index (χ1n) is 12.0. The van der Waals surface area contributed by atoms with Gasteiger partial charge in [0.2, 0.25) is 0 Å². The van der Waals surface area contributed by atoms with Gasteiger partial charge in [-0.25, -0.2) is 0 Å². The Labute approximate surface area is 199 Å². The molecule has 32 heavy (non-hydrogen) atoms. The molecule has 168 valence electrons. The van der Waals surface area contributed by atoms with Crippen LogP contribution in [-0.2, 0) is 12.8 Å². The summed E-state index contributed by atoms with van der Waals surface area (Å²) in [5, 5.41) is 24.5. The van der Waals surface area contributed by atoms with Crippen molar-refractivity contribution < 1.29 is 0 Å². The molecule has 0 spiro atoms. The summed E-state index contributed by atoms with van der Waals surface area (Å²) in [5.74, 6) is 0. The molecule has 0 fully saturated rings. The van der Waals surface area contributed by atoms with Gasteiger partial charge in [0.1, 0.15) is 20.0 Å². The Morgan fingerprint density at radius 1 is 0.562 bits per heavy atom. The van der Waals surface area contributed by atoms with Gasteiger partial charge >= 0.3 is 0 Å². The zero-order valence-electron chi connectivity index (χ0n) is 19.1. The van der Waals surface area contributed by atoms with Gasteiger partial charge in [-0.3, -0.25) is 0 Å². The molecule has 0 bridgehead atoms. The van der Waals surface area contributed by atoms with Gasteiger partial charge in [0.15, 0.2) is 0 Å². The number of hydrogen-bond donors (Lipinski definition) is 0. The molecule has 2 aromatic heterocycles. The molecule has 4 nitrogen and oxygen atoms in total. The molecule has 0 saturated heterocycles. The van der Waals surface area contributed by atoms with E-state index in [1.165, 1.54) is 62.1 Å². The lowest BCUT2D eigenvalue weighted by Gasteiger charge is -2.03. The number of rotatable bonds is 12. The van der Waals surface area contributed by atoms with E-state index in [1.54, 1.807) is 22.7 Å². The van der Waals surface area contributed by atoms with Crippen LogP contribution in [0.2, 0.25) is 0 Å². The molecule has 0 N–H and O–H groups in total. The molecule has 2 heterocycles. The highest BCUT2D eigenvalue weighted by atomic mass is 32.1. The number of nitrogens with zero attached hydrogens (tertiary/aromatic N) is 4. The zero-order valence-corrected chi connectivity index (χ0v) is 20.8. The fraction of sp³-hybridized carbons (Fsp3) is 0.462. The molecular weight excluding hydrogens is 432 g/mol. The average Bonchev–Trinajstić information content (AvgIpc) is 3.49. The van der Waals surface area contributed by atoms with Gasteiger partial charge in [0.05, 0.1) is 0 Å². The van der Waals surface area contributed by atoms with Gasteiger partial charge in [0, 0.05) is 24.0 Å². The zero-order chi connectivity index (χ0) is 22.2. The van der Waals surface area contributed by atoms with Crippen molar-refractivity contribution in [3.05, 3.63) is 46.4 Å². The molecule has 2 aromatic carbocycles. The molecule has 6 heteroatoms. The molecule has 0 aliphatic heterocycles. The molecule has 0 saturated carbocycles. The Morgan fingerprint density at radius 2 is 1.03 bits per heavy atom. The predicted octanol–water partition coefficient (Wildman–Crippen LogP) is 8.12. The van der Waals surface area contributed by atoms with E-state index in [0.717, 1.165) is 44.0 Å². The number of benzene rings is 2. The largest absolute Gasteiger partial charge is 0.147 e.